The summed E-state index contributed by atoms with van der Waals surface area (Å²) in [5.41, 5.74) is 0. The van der Waals surface area contributed by atoms with E-state index in [9.17, 15) is 44.6 Å². The quantitative estimate of drug-likeness (QED) is 0.0146. The Morgan fingerprint density at radius 3 is 1.33 bits per heavy atom. The number of allylic oxidation sites excluding steroid dienone is 6. The van der Waals surface area contributed by atoms with Gasteiger partial charge in [-0.05, 0) is 51.4 Å². The minimum Gasteiger partial charge on any atom is -0.462 e. The molecule has 1 aliphatic rings. The average molecular weight is 917 g/mol. The van der Waals surface area contributed by atoms with Gasteiger partial charge >= 0.3 is 19.8 Å². The number of hydrogen-bond acceptors (Lipinski definition) is 12. The molecule has 0 saturated heterocycles. The first-order valence-corrected chi connectivity index (χ1v) is 26.3. The van der Waals surface area contributed by atoms with Crippen LogP contribution in [0, 0.1) is 0 Å². The molecule has 0 aliphatic heterocycles. The van der Waals surface area contributed by atoms with E-state index in [0.717, 1.165) is 77.0 Å². The lowest BCUT2D eigenvalue weighted by atomic mass is 9.85. The van der Waals surface area contributed by atoms with Gasteiger partial charge in [-0.2, -0.15) is 0 Å². The minimum absolute atomic E-state index is 0.0837. The van der Waals surface area contributed by atoms with Crippen molar-refractivity contribution in [1.82, 2.24) is 0 Å². The number of carbonyl (C=O) groups excluding carboxylic acids is 2. The largest absolute Gasteiger partial charge is 0.472 e. The van der Waals surface area contributed by atoms with Gasteiger partial charge in [0.25, 0.3) is 0 Å². The maximum Gasteiger partial charge on any atom is 0.472 e. The molecule has 6 atom stereocenters. The van der Waals surface area contributed by atoms with Crippen molar-refractivity contribution < 1.29 is 63.1 Å². The maximum atomic E-state index is 12.8. The van der Waals surface area contributed by atoms with Crippen LogP contribution in [-0.4, -0.2) is 98.3 Å². The van der Waals surface area contributed by atoms with Crippen molar-refractivity contribution in [2.24, 2.45) is 0 Å². The molecule has 0 aromatic heterocycles. The molecular formula is C49H89O13P. The van der Waals surface area contributed by atoms with E-state index in [-0.39, 0.29) is 12.8 Å². The van der Waals surface area contributed by atoms with E-state index < -0.39 is 75.7 Å². The van der Waals surface area contributed by atoms with Crippen LogP contribution in [-0.2, 0) is 32.7 Å². The summed E-state index contributed by atoms with van der Waals surface area (Å²) in [7, 11) is -5.12. The molecule has 1 aliphatic carbocycles. The van der Waals surface area contributed by atoms with E-state index in [1.807, 2.05) is 0 Å². The topological polar surface area (TPSA) is 210 Å². The fourth-order valence-electron chi connectivity index (χ4n) is 7.47. The van der Waals surface area contributed by atoms with Crippen molar-refractivity contribution in [2.75, 3.05) is 13.2 Å². The van der Waals surface area contributed by atoms with Gasteiger partial charge in [0.2, 0.25) is 0 Å². The number of aliphatic hydroxyl groups is 5. The molecule has 0 amide bonds. The van der Waals surface area contributed by atoms with Crippen LogP contribution in [0.1, 0.15) is 206 Å². The van der Waals surface area contributed by atoms with Gasteiger partial charge in [-0.25, -0.2) is 4.57 Å². The molecule has 0 spiro atoms. The Balaban J connectivity index is 2.43. The zero-order chi connectivity index (χ0) is 46.4. The Morgan fingerprint density at radius 2 is 0.857 bits per heavy atom. The standard InChI is InChI=1S/C49H89O13P/c1-3-5-7-9-11-13-15-17-19-20-21-22-24-26-28-30-32-34-36-38-43(51)61-41(40-60-63(57,58)62-49-47(55)45(53)44(52)46(54)48(49)56)39-59-42(50)37-35-33-31-29-27-25-23-18-16-14-12-10-8-6-4-2/h11,13,17,19,21-22,41,44-49,52-56H,3-10,12,14-16,18,20,23-40H2,1-2H3,(H,57,58)/b13-11-,19-17-,22-21-. The molecule has 13 nitrogen and oxygen atoms in total. The summed E-state index contributed by atoms with van der Waals surface area (Å²) in [4.78, 5) is 35.8. The van der Waals surface area contributed by atoms with Crippen molar-refractivity contribution >= 4 is 19.8 Å². The number of ether oxygens (including phenoxy) is 2. The molecule has 0 heterocycles. The van der Waals surface area contributed by atoms with Gasteiger partial charge in [-0.3, -0.25) is 18.6 Å². The highest BCUT2D eigenvalue weighted by Crippen LogP contribution is 2.47. The summed E-state index contributed by atoms with van der Waals surface area (Å²) < 4.78 is 33.6. The number of aliphatic hydroxyl groups excluding tert-OH is 5. The van der Waals surface area contributed by atoms with E-state index in [2.05, 4.69) is 50.3 Å². The van der Waals surface area contributed by atoms with Crippen LogP contribution >= 0.6 is 7.82 Å². The number of rotatable bonds is 41. The Hall–Kier alpha value is -1.93. The molecule has 14 heteroatoms. The smallest absolute Gasteiger partial charge is 0.462 e. The number of carbonyl (C=O) groups is 2. The van der Waals surface area contributed by atoms with Gasteiger partial charge in [0.1, 0.15) is 43.2 Å². The van der Waals surface area contributed by atoms with Crippen LogP contribution in [0.5, 0.6) is 0 Å². The van der Waals surface area contributed by atoms with E-state index in [0.29, 0.717) is 12.8 Å². The summed E-state index contributed by atoms with van der Waals surface area (Å²) in [5, 5.41) is 50.2. The molecule has 1 fully saturated rings. The second-order valence-electron chi connectivity index (χ2n) is 17.3. The number of esters is 2. The zero-order valence-electron chi connectivity index (χ0n) is 39.1. The van der Waals surface area contributed by atoms with E-state index in [4.69, 9.17) is 18.5 Å². The van der Waals surface area contributed by atoms with Crippen molar-refractivity contribution in [3.05, 3.63) is 36.5 Å². The molecule has 0 aromatic carbocycles. The van der Waals surface area contributed by atoms with Gasteiger partial charge in [0, 0.05) is 12.8 Å². The molecule has 6 unspecified atom stereocenters. The van der Waals surface area contributed by atoms with Crippen LogP contribution in [0.15, 0.2) is 36.5 Å². The lowest BCUT2D eigenvalue weighted by molar-refractivity contribution is -0.220. The second-order valence-corrected chi connectivity index (χ2v) is 18.7. The monoisotopic (exact) mass is 917 g/mol. The molecule has 1 saturated carbocycles. The van der Waals surface area contributed by atoms with Gasteiger partial charge in [0.05, 0.1) is 6.61 Å². The molecular weight excluding hydrogens is 828 g/mol. The molecule has 0 aromatic rings. The van der Waals surface area contributed by atoms with Crippen LogP contribution in [0.3, 0.4) is 0 Å². The Kier molecular flexibility index (Phi) is 36.8. The molecule has 1 rings (SSSR count). The number of phosphoric acid groups is 1. The zero-order valence-corrected chi connectivity index (χ0v) is 40.0. The molecule has 63 heavy (non-hydrogen) atoms. The molecule has 0 radical (unpaired) electrons. The summed E-state index contributed by atoms with van der Waals surface area (Å²) in [6.07, 6.45) is 31.9. The maximum absolute atomic E-state index is 12.8. The third-order valence-corrected chi connectivity index (χ3v) is 12.5. The first kappa shape index (κ1) is 59.1. The molecule has 368 valence electrons. The van der Waals surface area contributed by atoms with Gasteiger partial charge < -0.3 is 39.9 Å². The number of phosphoric ester groups is 1. The normalized spacial score (nSPS) is 22.0. The Morgan fingerprint density at radius 1 is 0.492 bits per heavy atom. The van der Waals surface area contributed by atoms with Crippen LogP contribution in [0.2, 0.25) is 0 Å². The van der Waals surface area contributed by atoms with Gasteiger partial charge in [-0.1, -0.05) is 179 Å². The van der Waals surface area contributed by atoms with Crippen molar-refractivity contribution in [1.29, 1.82) is 0 Å². The average Bonchev–Trinajstić information content (AvgIpc) is 3.26. The number of unbranched alkanes of at least 4 members (excludes halogenated alkanes) is 23. The summed E-state index contributed by atoms with van der Waals surface area (Å²) in [5.74, 6) is -1.11. The highest BCUT2D eigenvalue weighted by Gasteiger charge is 2.51. The van der Waals surface area contributed by atoms with Gasteiger partial charge in [-0.15, -0.1) is 0 Å². The van der Waals surface area contributed by atoms with Crippen molar-refractivity contribution in [3.63, 3.8) is 0 Å². The predicted octanol–water partition coefficient (Wildman–Crippen LogP) is 10.2. The van der Waals surface area contributed by atoms with E-state index in [1.165, 1.54) is 89.9 Å². The Bertz CT molecular complexity index is 1240. The van der Waals surface area contributed by atoms with Gasteiger partial charge in [0.15, 0.2) is 6.10 Å². The van der Waals surface area contributed by atoms with Crippen LogP contribution in [0.4, 0.5) is 0 Å². The minimum atomic E-state index is -5.12. The highest BCUT2D eigenvalue weighted by molar-refractivity contribution is 7.47. The third kappa shape index (κ3) is 31.6. The molecule has 0 bridgehead atoms. The van der Waals surface area contributed by atoms with Crippen molar-refractivity contribution in [2.45, 2.75) is 249 Å². The van der Waals surface area contributed by atoms with Crippen molar-refractivity contribution in [3.8, 4) is 0 Å². The first-order valence-electron chi connectivity index (χ1n) is 24.8. The first-order chi connectivity index (χ1) is 30.4. The van der Waals surface area contributed by atoms with E-state index >= 15 is 0 Å². The van der Waals surface area contributed by atoms with Crippen LogP contribution < -0.4 is 0 Å². The lowest BCUT2D eigenvalue weighted by Gasteiger charge is -2.41. The summed E-state index contributed by atoms with van der Waals surface area (Å²) in [6.45, 7) is 3.28. The van der Waals surface area contributed by atoms with Crippen LogP contribution in [0.25, 0.3) is 0 Å². The SMILES string of the molecule is CCCCC/C=C\C/C=C\C/C=C\CCCCCCCCC(=O)OC(COC(=O)CCCCCCCCCCCCCCCCC)COP(=O)(O)OC1C(O)C(O)C(O)C(O)C1O. The summed E-state index contributed by atoms with van der Waals surface area (Å²) >= 11 is 0. The fourth-order valence-corrected chi connectivity index (χ4v) is 8.44. The summed E-state index contributed by atoms with van der Waals surface area (Å²) in [6, 6.07) is 0. The lowest BCUT2D eigenvalue weighted by Crippen LogP contribution is -2.64. The number of hydrogen-bond donors (Lipinski definition) is 6. The third-order valence-electron chi connectivity index (χ3n) is 11.5. The predicted molar refractivity (Wildman–Crippen MR) is 249 cm³/mol. The van der Waals surface area contributed by atoms with E-state index in [1.54, 1.807) is 0 Å². The fraction of sp³-hybridized carbons (Fsp3) is 0.837. The highest BCUT2D eigenvalue weighted by atomic mass is 31.2. The second kappa shape index (κ2) is 39.3. The molecule has 6 N–H and O–H groups in total. The Labute approximate surface area is 380 Å².